The molecule has 0 radical (unpaired) electrons. The maximum Gasteiger partial charge on any atom is 0.0829 e. The van der Waals surface area contributed by atoms with Crippen LogP contribution in [0.1, 0.15) is 51.4 Å². The molecule has 0 aromatic rings. The van der Waals surface area contributed by atoms with Crippen LogP contribution >= 0.6 is 0 Å². The Kier molecular flexibility index (Phi) is 3.45. The molecule has 0 spiro atoms. The molecule has 0 aromatic carbocycles. The van der Waals surface area contributed by atoms with Crippen molar-refractivity contribution in [2.45, 2.75) is 63.6 Å². The van der Waals surface area contributed by atoms with Crippen LogP contribution in [0.15, 0.2) is 0 Å². The quantitative estimate of drug-likeness (QED) is 0.729. The molecule has 2 nitrogen and oxygen atoms in total. The number of hydrogen-bond acceptors (Lipinski definition) is 2. The maximum absolute atomic E-state index is 10.0. The van der Waals surface area contributed by atoms with Crippen LogP contribution in [0.2, 0.25) is 0 Å². The highest BCUT2D eigenvalue weighted by Crippen LogP contribution is 2.35. The lowest BCUT2D eigenvalue weighted by Crippen LogP contribution is -2.37. The summed E-state index contributed by atoms with van der Waals surface area (Å²) in [6.07, 6.45) is 8.52. The Labute approximate surface area is 86.3 Å². The fourth-order valence-corrected chi connectivity index (χ4v) is 3.16. The highest BCUT2D eigenvalue weighted by Gasteiger charge is 2.34. The van der Waals surface area contributed by atoms with E-state index in [9.17, 15) is 10.2 Å². The Balaban J connectivity index is 1.85. The predicted molar refractivity (Wildman–Crippen MR) is 55.9 cm³/mol. The summed E-state index contributed by atoms with van der Waals surface area (Å²) in [6.45, 7) is 0. The first-order valence-corrected chi connectivity index (χ1v) is 6.15. The second kappa shape index (κ2) is 4.63. The van der Waals surface area contributed by atoms with Gasteiger partial charge in [-0.1, -0.05) is 25.7 Å². The lowest BCUT2D eigenvalue weighted by atomic mass is 9.88. The van der Waals surface area contributed by atoms with Gasteiger partial charge >= 0.3 is 0 Å². The smallest absolute Gasteiger partial charge is 0.0829 e. The standard InChI is InChI=1S/C12H22O2/c13-11(9-5-1-2-6-9)12(14)10-7-3-4-8-10/h9-14H,1-8H2. The summed E-state index contributed by atoms with van der Waals surface area (Å²) in [5.41, 5.74) is 0. The van der Waals surface area contributed by atoms with E-state index in [0.717, 1.165) is 25.7 Å². The van der Waals surface area contributed by atoms with Gasteiger partial charge in [0, 0.05) is 0 Å². The molecule has 0 saturated heterocycles. The van der Waals surface area contributed by atoms with E-state index in [1.54, 1.807) is 0 Å². The fraction of sp³-hybridized carbons (Fsp3) is 1.00. The van der Waals surface area contributed by atoms with E-state index >= 15 is 0 Å². The molecule has 0 heterocycles. The van der Waals surface area contributed by atoms with E-state index < -0.39 is 12.2 Å². The van der Waals surface area contributed by atoms with E-state index in [-0.39, 0.29) is 0 Å². The Morgan fingerprint density at radius 1 is 0.643 bits per heavy atom. The average molecular weight is 198 g/mol. The van der Waals surface area contributed by atoms with Crippen LogP contribution in [0.25, 0.3) is 0 Å². The first kappa shape index (κ1) is 10.4. The molecule has 0 amide bonds. The Morgan fingerprint density at radius 3 is 1.21 bits per heavy atom. The molecule has 2 N–H and O–H groups in total. The molecule has 2 rings (SSSR count). The summed E-state index contributed by atoms with van der Waals surface area (Å²) in [4.78, 5) is 0. The van der Waals surface area contributed by atoms with Gasteiger partial charge in [-0.15, -0.1) is 0 Å². The molecule has 2 heteroatoms. The van der Waals surface area contributed by atoms with Gasteiger partial charge in [0.1, 0.15) is 0 Å². The van der Waals surface area contributed by atoms with Gasteiger partial charge in [0.25, 0.3) is 0 Å². The Hall–Kier alpha value is -0.0800. The van der Waals surface area contributed by atoms with Crippen LogP contribution in [0, 0.1) is 11.8 Å². The van der Waals surface area contributed by atoms with E-state index in [0.29, 0.717) is 11.8 Å². The summed E-state index contributed by atoms with van der Waals surface area (Å²) in [5, 5.41) is 20.1. The Bertz CT molecular complexity index is 149. The molecule has 2 unspecified atom stereocenters. The third kappa shape index (κ3) is 2.12. The molecular weight excluding hydrogens is 176 g/mol. The molecule has 82 valence electrons. The SMILES string of the molecule is OC(C1CCCC1)C(O)C1CCCC1. The second-order valence-electron chi connectivity index (χ2n) is 5.07. The monoisotopic (exact) mass is 198 g/mol. The zero-order valence-electron chi connectivity index (χ0n) is 8.86. The average Bonchev–Trinajstić information content (AvgIpc) is 2.87. The summed E-state index contributed by atoms with van der Waals surface area (Å²) in [7, 11) is 0. The first-order valence-electron chi connectivity index (χ1n) is 6.15. The highest BCUT2D eigenvalue weighted by atomic mass is 16.3. The molecule has 14 heavy (non-hydrogen) atoms. The Morgan fingerprint density at radius 2 is 0.929 bits per heavy atom. The van der Waals surface area contributed by atoms with Crippen molar-refractivity contribution < 1.29 is 10.2 Å². The van der Waals surface area contributed by atoms with Gasteiger partial charge in [0.15, 0.2) is 0 Å². The number of aliphatic hydroxyl groups excluding tert-OH is 2. The minimum atomic E-state index is -0.444. The van der Waals surface area contributed by atoms with Crippen molar-refractivity contribution >= 4 is 0 Å². The lowest BCUT2D eigenvalue weighted by Gasteiger charge is -2.27. The van der Waals surface area contributed by atoms with E-state index in [4.69, 9.17) is 0 Å². The van der Waals surface area contributed by atoms with Crippen LogP contribution in [-0.2, 0) is 0 Å². The lowest BCUT2D eigenvalue weighted by molar-refractivity contribution is -0.0448. The molecule has 0 aromatic heterocycles. The van der Waals surface area contributed by atoms with Gasteiger partial charge in [0.2, 0.25) is 0 Å². The van der Waals surface area contributed by atoms with Crippen molar-refractivity contribution in [3.63, 3.8) is 0 Å². The predicted octanol–water partition coefficient (Wildman–Crippen LogP) is 2.09. The largest absolute Gasteiger partial charge is 0.390 e. The minimum Gasteiger partial charge on any atom is -0.390 e. The number of rotatable bonds is 3. The van der Waals surface area contributed by atoms with Crippen molar-refractivity contribution in [2.75, 3.05) is 0 Å². The number of hydrogen-bond donors (Lipinski definition) is 2. The van der Waals surface area contributed by atoms with Crippen LogP contribution in [-0.4, -0.2) is 22.4 Å². The molecule has 2 atom stereocenters. The molecular formula is C12H22O2. The summed E-state index contributed by atoms with van der Waals surface area (Å²) < 4.78 is 0. The topological polar surface area (TPSA) is 40.5 Å². The van der Waals surface area contributed by atoms with Crippen LogP contribution in [0.4, 0.5) is 0 Å². The van der Waals surface area contributed by atoms with Crippen molar-refractivity contribution in [1.82, 2.24) is 0 Å². The van der Waals surface area contributed by atoms with E-state index in [2.05, 4.69) is 0 Å². The van der Waals surface area contributed by atoms with Crippen LogP contribution in [0.3, 0.4) is 0 Å². The van der Waals surface area contributed by atoms with Gasteiger partial charge < -0.3 is 10.2 Å². The third-order valence-electron chi connectivity index (χ3n) is 4.12. The molecule has 2 saturated carbocycles. The third-order valence-corrected chi connectivity index (χ3v) is 4.12. The van der Waals surface area contributed by atoms with Crippen LogP contribution < -0.4 is 0 Å². The zero-order chi connectivity index (χ0) is 9.97. The fourth-order valence-electron chi connectivity index (χ4n) is 3.16. The van der Waals surface area contributed by atoms with Crippen LogP contribution in [0.5, 0.6) is 0 Å². The van der Waals surface area contributed by atoms with Gasteiger partial charge in [-0.05, 0) is 37.5 Å². The van der Waals surface area contributed by atoms with Gasteiger partial charge in [-0.25, -0.2) is 0 Å². The molecule has 2 fully saturated rings. The molecule has 0 aliphatic heterocycles. The second-order valence-corrected chi connectivity index (χ2v) is 5.07. The first-order chi connectivity index (χ1) is 6.79. The van der Waals surface area contributed by atoms with E-state index in [1.165, 1.54) is 25.7 Å². The highest BCUT2D eigenvalue weighted by molar-refractivity contribution is 4.85. The zero-order valence-corrected chi connectivity index (χ0v) is 8.86. The summed E-state index contributed by atoms with van der Waals surface area (Å²) >= 11 is 0. The molecule has 0 bridgehead atoms. The maximum atomic E-state index is 10.0. The molecule has 2 aliphatic rings. The van der Waals surface area contributed by atoms with Crippen molar-refractivity contribution in [3.8, 4) is 0 Å². The van der Waals surface area contributed by atoms with Gasteiger partial charge in [-0.3, -0.25) is 0 Å². The molecule has 2 aliphatic carbocycles. The van der Waals surface area contributed by atoms with Crippen molar-refractivity contribution in [1.29, 1.82) is 0 Å². The minimum absolute atomic E-state index is 0.380. The summed E-state index contributed by atoms with van der Waals surface area (Å²) in [6, 6.07) is 0. The van der Waals surface area contributed by atoms with Crippen molar-refractivity contribution in [3.05, 3.63) is 0 Å². The van der Waals surface area contributed by atoms with Crippen molar-refractivity contribution in [2.24, 2.45) is 11.8 Å². The van der Waals surface area contributed by atoms with Gasteiger partial charge in [-0.2, -0.15) is 0 Å². The van der Waals surface area contributed by atoms with E-state index in [1.807, 2.05) is 0 Å². The summed E-state index contributed by atoms with van der Waals surface area (Å²) in [5.74, 6) is 0.760. The normalized spacial score (nSPS) is 29.6. The van der Waals surface area contributed by atoms with Gasteiger partial charge in [0.05, 0.1) is 12.2 Å². The number of aliphatic hydroxyl groups is 2.